The normalized spacial score (nSPS) is 16.1. The summed E-state index contributed by atoms with van der Waals surface area (Å²) < 4.78 is 42.7. The SMILES string of the molecule is CC(F)(F)c1ccc(C2NCc3c(Cl)cc(F)cc3-n3cccc32)cc1.Cl. The van der Waals surface area contributed by atoms with Crippen molar-refractivity contribution in [3.05, 3.63) is 88.0 Å². The minimum atomic E-state index is -2.88. The summed E-state index contributed by atoms with van der Waals surface area (Å²) in [5.41, 5.74) is 3.19. The first-order valence-corrected chi connectivity index (χ1v) is 8.59. The van der Waals surface area contributed by atoms with Gasteiger partial charge in [-0.15, -0.1) is 12.4 Å². The first-order chi connectivity index (χ1) is 12.3. The van der Waals surface area contributed by atoms with Crippen molar-refractivity contribution < 1.29 is 13.2 Å². The lowest BCUT2D eigenvalue weighted by Gasteiger charge is -2.19. The van der Waals surface area contributed by atoms with E-state index in [-0.39, 0.29) is 24.0 Å². The van der Waals surface area contributed by atoms with E-state index >= 15 is 0 Å². The molecule has 1 aromatic heterocycles. The summed E-state index contributed by atoms with van der Waals surface area (Å²) >= 11 is 6.24. The molecule has 3 aromatic rings. The first-order valence-electron chi connectivity index (χ1n) is 8.22. The van der Waals surface area contributed by atoms with Gasteiger partial charge in [-0.25, -0.2) is 13.2 Å². The Kier molecular flexibility index (Phi) is 5.30. The second kappa shape index (κ2) is 7.23. The molecule has 0 amide bonds. The molecule has 1 aliphatic rings. The predicted octanol–water partition coefficient (Wildman–Crippen LogP) is 6.00. The topological polar surface area (TPSA) is 17.0 Å². The van der Waals surface area contributed by atoms with Gasteiger partial charge in [0.15, 0.2) is 0 Å². The van der Waals surface area contributed by atoms with Crippen molar-refractivity contribution in [2.45, 2.75) is 25.4 Å². The van der Waals surface area contributed by atoms with Crippen molar-refractivity contribution in [2.75, 3.05) is 0 Å². The van der Waals surface area contributed by atoms with E-state index < -0.39 is 11.7 Å². The van der Waals surface area contributed by atoms with Crippen LogP contribution in [-0.2, 0) is 12.5 Å². The van der Waals surface area contributed by atoms with E-state index in [9.17, 15) is 13.2 Å². The van der Waals surface area contributed by atoms with Crippen LogP contribution in [-0.4, -0.2) is 4.57 Å². The van der Waals surface area contributed by atoms with E-state index in [4.69, 9.17) is 11.6 Å². The fourth-order valence-electron chi connectivity index (χ4n) is 3.39. The summed E-state index contributed by atoms with van der Waals surface area (Å²) in [6, 6.07) is 12.6. The van der Waals surface area contributed by atoms with Gasteiger partial charge in [-0.3, -0.25) is 0 Å². The minimum absolute atomic E-state index is 0. The van der Waals surface area contributed by atoms with Crippen molar-refractivity contribution in [1.29, 1.82) is 0 Å². The molecule has 4 rings (SSSR count). The summed E-state index contributed by atoms with van der Waals surface area (Å²) in [6.45, 7) is 1.32. The Labute approximate surface area is 166 Å². The molecule has 1 N–H and O–H groups in total. The van der Waals surface area contributed by atoms with Gasteiger partial charge >= 0.3 is 0 Å². The maximum absolute atomic E-state index is 13.9. The van der Waals surface area contributed by atoms with E-state index in [2.05, 4.69) is 5.32 Å². The molecular weight excluding hydrogens is 396 g/mol. The molecule has 1 atom stereocenters. The van der Waals surface area contributed by atoms with Crippen LogP contribution in [0.1, 0.15) is 35.3 Å². The average Bonchev–Trinajstić information content (AvgIpc) is 2.99. The number of fused-ring (bicyclic) bond motifs is 3. The molecule has 0 radical (unpaired) electrons. The molecule has 0 bridgehead atoms. The van der Waals surface area contributed by atoms with Gasteiger partial charge in [0.2, 0.25) is 0 Å². The second-order valence-corrected chi connectivity index (χ2v) is 6.92. The number of alkyl halides is 2. The van der Waals surface area contributed by atoms with E-state index in [0.29, 0.717) is 17.3 Å². The summed E-state index contributed by atoms with van der Waals surface area (Å²) in [7, 11) is 0. The van der Waals surface area contributed by atoms with Gasteiger partial charge in [0.1, 0.15) is 5.82 Å². The zero-order valence-corrected chi connectivity index (χ0v) is 15.9. The molecule has 0 saturated carbocycles. The minimum Gasteiger partial charge on any atom is -0.318 e. The highest BCUT2D eigenvalue weighted by molar-refractivity contribution is 6.31. The summed E-state index contributed by atoms with van der Waals surface area (Å²) in [5, 5.41) is 3.76. The number of hydrogen-bond donors (Lipinski definition) is 1. The lowest BCUT2D eigenvalue weighted by Crippen LogP contribution is -2.21. The van der Waals surface area contributed by atoms with Gasteiger partial charge in [0.25, 0.3) is 5.92 Å². The molecule has 0 aliphatic carbocycles. The van der Waals surface area contributed by atoms with E-state index in [1.807, 2.05) is 22.9 Å². The molecule has 0 spiro atoms. The number of hydrogen-bond acceptors (Lipinski definition) is 1. The predicted molar refractivity (Wildman–Crippen MR) is 103 cm³/mol. The number of rotatable bonds is 2. The fraction of sp³-hybridized carbons (Fsp3) is 0.200. The van der Waals surface area contributed by atoms with E-state index in [1.54, 1.807) is 12.1 Å². The summed E-state index contributed by atoms with van der Waals surface area (Å²) in [4.78, 5) is 0. The Morgan fingerprint density at radius 3 is 2.52 bits per heavy atom. The highest BCUT2D eigenvalue weighted by atomic mass is 35.5. The molecule has 27 heavy (non-hydrogen) atoms. The largest absolute Gasteiger partial charge is 0.318 e. The van der Waals surface area contributed by atoms with Gasteiger partial charge < -0.3 is 9.88 Å². The van der Waals surface area contributed by atoms with Crippen LogP contribution in [0.4, 0.5) is 13.2 Å². The Bertz CT molecular complexity index is 962. The fourth-order valence-corrected chi connectivity index (χ4v) is 3.66. The zero-order chi connectivity index (χ0) is 18.5. The number of halogens is 5. The van der Waals surface area contributed by atoms with Crippen molar-refractivity contribution in [3.8, 4) is 5.69 Å². The standard InChI is InChI=1S/C20H16ClF3N2.ClH/c1-20(23,24)13-6-4-12(5-7-13)19-17-3-2-8-26(17)18-10-14(22)9-16(21)15(18)11-25-19;/h2-10,19,25H,11H2,1H3;1H. The van der Waals surface area contributed by atoms with Crippen LogP contribution >= 0.6 is 24.0 Å². The van der Waals surface area contributed by atoms with Crippen LogP contribution in [0, 0.1) is 5.82 Å². The molecular formula is C20H17Cl2F3N2. The number of nitrogens with zero attached hydrogens (tertiary/aromatic N) is 1. The maximum atomic E-state index is 13.9. The summed E-state index contributed by atoms with van der Waals surface area (Å²) in [6.07, 6.45) is 1.85. The monoisotopic (exact) mass is 412 g/mol. The molecule has 2 aromatic carbocycles. The van der Waals surface area contributed by atoms with Gasteiger partial charge in [0.05, 0.1) is 16.8 Å². The summed E-state index contributed by atoms with van der Waals surface area (Å²) in [5.74, 6) is -3.28. The van der Waals surface area contributed by atoms with Gasteiger partial charge in [-0.1, -0.05) is 35.9 Å². The van der Waals surface area contributed by atoms with Crippen molar-refractivity contribution >= 4 is 24.0 Å². The van der Waals surface area contributed by atoms with Gasteiger partial charge in [-0.2, -0.15) is 0 Å². The van der Waals surface area contributed by atoms with Crippen molar-refractivity contribution in [3.63, 3.8) is 0 Å². The molecule has 142 valence electrons. The Balaban J connectivity index is 0.00000210. The maximum Gasteiger partial charge on any atom is 0.270 e. The third-order valence-corrected chi connectivity index (χ3v) is 5.04. The smallest absolute Gasteiger partial charge is 0.270 e. The van der Waals surface area contributed by atoms with Crippen LogP contribution in [0.25, 0.3) is 5.69 Å². The van der Waals surface area contributed by atoms with E-state index in [0.717, 1.165) is 23.7 Å². The number of nitrogens with one attached hydrogen (secondary N) is 1. The number of aromatic nitrogens is 1. The van der Waals surface area contributed by atoms with Crippen LogP contribution in [0.5, 0.6) is 0 Å². The molecule has 1 aliphatic heterocycles. The molecule has 0 saturated heterocycles. The lowest BCUT2D eigenvalue weighted by molar-refractivity contribution is 0.0174. The quantitative estimate of drug-likeness (QED) is 0.546. The third kappa shape index (κ3) is 3.59. The Hall–Kier alpha value is -1.95. The zero-order valence-electron chi connectivity index (χ0n) is 14.3. The highest BCUT2D eigenvalue weighted by Gasteiger charge is 2.27. The van der Waals surface area contributed by atoms with Crippen LogP contribution < -0.4 is 5.32 Å². The third-order valence-electron chi connectivity index (χ3n) is 4.71. The molecule has 2 heterocycles. The highest BCUT2D eigenvalue weighted by Crippen LogP contribution is 2.35. The number of benzene rings is 2. The molecule has 2 nitrogen and oxygen atoms in total. The van der Waals surface area contributed by atoms with Crippen LogP contribution in [0.3, 0.4) is 0 Å². The first kappa shape index (κ1) is 19.8. The van der Waals surface area contributed by atoms with Gasteiger partial charge in [-0.05, 0) is 29.8 Å². The molecule has 1 unspecified atom stereocenters. The second-order valence-electron chi connectivity index (χ2n) is 6.51. The van der Waals surface area contributed by atoms with Gasteiger partial charge in [0, 0.05) is 36.5 Å². The Morgan fingerprint density at radius 1 is 1.15 bits per heavy atom. The van der Waals surface area contributed by atoms with Crippen LogP contribution in [0.15, 0.2) is 54.7 Å². The molecule has 7 heteroatoms. The average molecular weight is 413 g/mol. The molecule has 0 fully saturated rings. The van der Waals surface area contributed by atoms with Crippen molar-refractivity contribution in [1.82, 2.24) is 9.88 Å². The van der Waals surface area contributed by atoms with E-state index in [1.165, 1.54) is 24.3 Å². The Morgan fingerprint density at radius 2 is 1.85 bits per heavy atom. The van der Waals surface area contributed by atoms with Crippen molar-refractivity contribution in [2.24, 2.45) is 0 Å². The van der Waals surface area contributed by atoms with Crippen LogP contribution in [0.2, 0.25) is 5.02 Å². The lowest BCUT2D eigenvalue weighted by atomic mass is 10.0.